The van der Waals surface area contributed by atoms with Crippen molar-refractivity contribution in [1.82, 2.24) is 0 Å². The number of carbonyl (C=O) groups excluding carboxylic acids is 2. The topological polar surface area (TPSA) is 293 Å². The van der Waals surface area contributed by atoms with Crippen LogP contribution in [-0.4, -0.2) is 95.2 Å². The van der Waals surface area contributed by atoms with E-state index in [2.05, 4.69) is 0 Å². The minimum atomic E-state index is -2.06. The van der Waals surface area contributed by atoms with Crippen molar-refractivity contribution < 1.29 is 83.6 Å². The number of aliphatic hydroxyl groups is 3. The van der Waals surface area contributed by atoms with E-state index in [4.69, 9.17) is 28.1 Å². The third kappa shape index (κ3) is 7.38. The third-order valence-electron chi connectivity index (χ3n) is 7.48. The summed E-state index contributed by atoms with van der Waals surface area (Å²) in [4.78, 5) is 38.3. The van der Waals surface area contributed by atoms with Crippen molar-refractivity contribution in [2.75, 3.05) is 6.61 Å². The van der Waals surface area contributed by atoms with E-state index in [0.717, 1.165) is 42.9 Å². The lowest BCUT2D eigenvalue weighted by Gasteiger charge is -2.41. The van der Waals surface area contributed by atoms with Gasteiger partial charge < -0.3 is 74.1 Å². The maximum Gasteiger partial charge on any atom is 0.339 e. The van der Waals surface area contributed by atoms with Crippen LogP contribution in [0, 0.1) is 0 Å². The molecule has 18 heteroatoms. The van der Waals surface area contributed by atoms with Gasteiger partial charge >= 0.3 is 11.9 Å². The molecule has 0 spiro atoms. The van der Waals surface area contributed by atoms with Crippen molar-refractivity contribution in [3.8, 4) is 57.3 Å². The van der Waals surface area contributed by atoms with Gasteiger partial charge in [0, 0.05) is 24.1 Å². The second-order valence-corrected chi connectivity index (χ2v) is 10.9. The number of aliphatic hydroxyl groups excluding tert-OH is 3. The number of hydrogen-bond acceptors (Lipinski definition) is 18. The Labute approximate surface area is 285 Å². The van der Waals surface area contributed by atoms with Gasteiger partial charge in [-0.1, -0.05) is 6.92 Å². The first-order valence-corrected chi connectivity index (χ1v) is 14.9. The van der Waals surface area contributed by atoms with Gasteiger partial charge in [-0.2, -0.15) is 0 Å². The van der Waals surface area contributed by atoms with Gasteiger partial charge in [-0.3, -0.25) is 9.59 Å². The standard InChI is InChI=1S/C33H30O18/c1-2-23(40)47-6-5-46-20-4-3-13(7-16(20)36)29-30(27(43)24-17(37)10-15(35)11-21(24)48-29)51-33-31(28(44)26(42)22(12-34)49-33)50-32(45)14-8-18(38)25(41)19(39)9-14/h3-11,22,26,28,31,33-39,41-42,44H,2,12H2,1H3/t22-,26-,28+,31-,33+/m1/s1. The highest BCUT2D eigenvalue weighted by atomic mass is 16.7. The summed E-state index contributed by atoms with van der Waals surface area (Å²) < 4.78 is 32.6. The molecule has 0 aliphatic carbocycles. The summed E-state index contributed by atoms with van der Waals surface area (Å²) in [6, 6.07) is 6.82. The van der Waals surface area contributed by atoms with Crippen molar-refractivity contribution in [3.05, 3.63) is 70.8 Å². The average Bonchev–Trinajstić information content (AvgIpc) is 3.09. The molecule has 2 heterocycles. The lowest BCUT2D eigenvalue weighted by atomic mass is 9.99. The first kappa shape index (κ1) is 36.1. The summed E-state index contributed by atoms with van der Waals surface area (Å²) in [6.07, 6.45) is -7.56. The molecule has 1 aromatic heterocycles. The Balaban J connectivity index is 1.58. The quantitative estimate of drug-likeness (QED) is 0.0639. The molecular weight excluding hydrogens is 684 g/mol. The average molecular weight is 715 g/mol. The first-order valence-electron chi connectivity index (χ1n) is 14.9. The molecule has 3 aromatic carbocycles. The highest BCUT2D eigenvalue weighted by Crippen LogP contribution is 2.40. The van der Waals surface area contributed by atoms with Crippen molar-refractivity contribution >= 4 is 22.9 Å². The van der Waals surface area contributed by atoms with Gasteiger partial charge in [0.05, 0.1) is 12.2 Å². The minimum Gasteiger partial charge on any atom is -0.508 e. The molecule has 5 atom stereocenters. The van der Waals surface area contributed by atoms with Crippen LogP contribution in [0.2, 0.25) is 0 Å². The van der Waals surface area contributed by atoms with Crippen LogP contribution in [0.1, 0.15) is 23.7 Å². The lowest BCUT2D eigenvalue weighted by molar-refractivity contribution is -0.276. The summed E-state index contributed by atoms with van der Waals surface area (Å²) in [5.74, 6) is -7.85. The largest absolute Gasteiger partial charge is 0.508 e. The molecule has 270 valence electrons. The van der Waals surface area contributed by atoms with E-state index in [1.165, 1.54) is 12.1 Å². The molecule has 1 saturated heterocycles. The zero-order chi connectivity index (χ0) is 37.1. The zero-order valence-electron chi connectivity index (χ0n) is 26.2. The Bertz CT molecular complexity index is 2030. The number of esters is 2. The molecule has 1 fully saturated rings. The predicted octanol–water partition coefficient (Wildman–Crippen LogP) is 1.54. The summed E-state index contributed by atoms with van der Waals surface area (Å²) in [7, 11) is 0. The smallest absolute Gasteiger partial charge is 0.339 e. The number of phenolic OH excluding ortho intramolecular Hbond substituents is 6. The van der Waals surface area contributed by atoms with Gasteiger partial charge in [0.1, 0.15) is 53.3 Å². The second-order valence-electron chi connectivity index (χ2n) is 10.9. The summed E-state index contributed by atoms with van der Waals surface area (Å²) >= 11 is 0. The fraction of sp³-hybridized carbons (Fsp3) is 0.242. The maximum absolute atomic E-state index is 13.9. The molecule has 51 heavy (non-hydrogen) atoms. The predicted molar refractivity (Wildman–Crippen MR) is 168 cm³/mol. The Kier molecular flexibility index (Phi) is 10.4. The maximum atomic E-state index is 13.9. The highest BCUT2D eigenvalue weighted by Gasteiger charge is 2.49. The number of carbonyl (C=O) groups is 2. The van der Waals surface area contributed by atoms with E-state index in [0.29, 0.717) is 0 Å². The fourth-order valence-electron chi connectivity index (χ4n) is 4.92. The monoisotopic (exact) mass is 714 g/mol. The molecule has 0 saturated carbocycles. The summed E-state index contributed by atoms with van der Waals surface area (Å²) in [5, 5.41) is 91.4. The van der Waals surface area contributed by atoms with E-state index in [9.17, 15) is 60.3 Å². The van der Waals surface area contributed by atoms with E-state index in [-0.39, 0.29) is 23.3 Å². The molecule has 5 rings (SSSR count). The Morgan fingerprint density at radius 2 is 1.59 bits per heavy atom. The third-order valence-corrected chi connectivity index (χ3v) is 7.48. The van der Waals surface area contributed by atoms with Crippen LogP contribution >= 0.6 is 0 Å². The van der Waals surface area contributed by atoms with E-state index in [1.807, 2.05) is 0 Å². The fourth-order valence-corrected chi connectivity index (χ4v) is 4.92. The molecule has 0 bridgehead atoms. The van der Waals surface area contributed by atoms with Crippen LogP contribution < -0.4 is 14.9 Å². The molecule has 1 aliphatic rings. The Morgan fingerprint density at radius 3 is 2.24 bits per heavy atom. The van der Waals surface area contributed by atoms with Crippen LogP contribution in [0.4, 0.5) is 0 Å². The van der Waals surface area contributed by atoms with Crippen LogP contribution in [0.15, 0.2) is 64.2 Å². The van der Waals surface area contributed by atoms with E-state index in [1.54, 1.807) is 6.92 Å². The molecule has 0 radical (unpaired) electrons. The van der Waals surface area contributed by atoms with Gasteiger partial charge in [-0.05, 0) is 30.3 Å². The summed E-state index contributed by atoms with van der Waals surface area (Å²) in [5.41, 5.74) is -2.09. The zero-order valence-corrected chi connectivity index (χ0v) is 26.2. The lowest BCUT2D eigenvalue weighted by Crippen LogP contribution is -2.61. The minimum absolute atomic E-state index is 0.0863. The molecule has 1 aliphatic heterocycles. The van der Waals surface area contributed by atoms with Gasteiger partial charge in [-0.15, -0.1) is 0 Å². The molecule has 0 amide bonds. The Morgan fingerprint density at radius 1 is 0.882 bits per heavy atom. The molecule has 0 unspecified atom stereocenters. The van der Waals surface area contributed by atoms with Gasteiger partial charge in [0.2, 0.25) is 17.5 Å². The van der Waals surface area contributed by atoms with Gasteiger partial charge in [0.25, 0.3) is 0 Å². The second kappa shape index (κ2) is 14.7. The number of fused-ring (bicyclic) bond motifs is 1. The molecule has 9 N–H and O–H groups in total. The van der Waals surface area contributed by atoms with Crippen molar-refractivity contribution in [3.63, 3.8) is 0 Å². The van der Waals surface area contributed by atoms with Crippen molar-refractivity contribution in [1.29, 1.82) is 0 Å². The number of aromatic hydroxyl groups is 6. The Hall–Kier alpha value is -6.21. The highest BCUT2D eigenvalue weighted by molar-refractivity contribution is 5.91. The molecule has 4 aromatic rings. The van der Waals surface area contributed by atoms with Gasteiger partial charge in [-0.25, -0.2) is 4.79 Å². The number of benzene rings is 3. The van der Waals surface area contributed by atoms with Crippen molar-refractivity contribution in [2.45, 2.75) is 44.1 Å². The molecular formula is C33H30O18. The van der Waals surface area contributed by atoms with Gasteiger partial charge in [0.15, 0.2) is 40.6 Å². The van der Waals surface area contributed by atoms with Crippen molar-refractivity contribution in [2.24, 2.45) is 0 Å². The number of hydrogen-bond donors (Lipinski definition) is 9. The van der Waals surface area contributed by atoms with Crippen LogP contribution in [0.25, 0.3) is 22.3 Å². The first-order chi connectivity index (χ1) is 24.2. The SMILES string of the molecule is CCC(=O)OC=COc1ccc(-c2oc3cc(O)cc(O)c3c(=O)c2O[C@@H]2O[C@H](CO)[C@@H](O)[C@H](O)[C@H]2OC(=O)c2cc(O)c(O)c(O)c2)cc1O. The van der Waals surface area contributed by atoms with E-state index >= 15 is 0 Å². The number of ether oxygens (including phenoxy) is 5. The van der Waals surface area contributed by atoms with E-state index < -0.39 is 112 Å². The van der Waals surface area contributed by atoms with Crippen LogP contribution in [0.3, 0.4) is 0 Å². The molecule has 18 nitrogen and oxygen atoms in total. The normalized spacial score (nSPS) is 20.3. The van der Waals surface area contributed by atoms with Crippen LogP contribution in [-0.2, 0) is 19.0 Å². The summed E-state index contributed by atoms with van der Waals surface area (Å²) in [6.45, 7) is 0.673. The number of phenols is 6. The number of rotatable bonds is 10. The van der Waals surface area contributed by atoms with Crippen LogP contribution in [0.5, 0.6) is 46.0 Å².